The Balaban J connectivity index is 1.72. The zero-order valence-corrected chi connectivity index (χ0v) is 15.9. The maximum Gasteiger partial charge on any atom is 0.260 e. The molecule has 0 spiro atoms. The van der Waals surface area contributed by atoms with Crippen LogP contribution in [0.15, 0.2) is 60.2 Å². The average Bonchev–Trinajstić information content (AvgIpc) is 3.18. The Kier molecular flexibility index (Phi) is 4.13. The molecule has 0 radical (unpaired) electrons. The Hall–Kier alpha value is -3.52. The van der Waals surface area contributed by atoms with Crippen molar-refractivity contribution in [3.63, 3.8) is 0 Å². The van der Waals surface area contributed by atoms with Gasteiger partial charge in [0.05, 0.1) is 17.6 Å². The predicted octanol–water partition coefficient (Wildman–Crippen LogP) is 3.88. The van der Waals surface area contributed by atoms with Crippen molar-refractivity contribution < 1.29 is 13.9 Å². The molecule has 1 aliphatic heterocycles. The van der Waals surface area contributed by atoms with Crippen LogP contribution >= 0.6 is 11.3 Å². The molecule has 6 nitrogen and oxygen atoms in total. The number of benzene rings is 2. The molecular formula is C21H15FN4O2S. The highest BCUT2D eigenvalue weighted by Gasteiger charge is 2.32. The van der Waals surface area contributed by atoms with Gasteiger partial charge in [0.1, 0.15) is 28.5 Å². The van der Waals surface area contributed by atoms with Gasteiger partial charge in [-0.1, -0.05) is 24.3 Å². The van der Waals surface area contributed by atoms with Crippen molar-refractivity contribution in [1.82, 2.24) is 9.97 Å². The summed E-state index contributed by atoms with van der Waals surface area (Å²) in [6.45, 7) is 0.233. The molecule has 0 fully saturated rings. The van der Waals surface area contributed by atoms with Crippen molar-refractivity contribution in [3.05, 3.63) is 66.1 Å². The molecule has 29 heavy (non-hydrogen) atoms. The number of thiophene rings is 1. The first kappa shape index (κ1) is 17.6. The summed E-state index contributed by atoms with van der Waals surface area (Å²) < 4.78 is 19.2. The Morgan fingerprint density at radius 2 is 1.97 bits per heavy atom. The molecule has 1 amide bonds. The third-order valence-corrected chi connectivity index (χ3v) is 5.74. The molecule has 1 aliphatic rings. The van der Waals surface area contributed by atoms with Gasteiger partial charge in [-0.2, -0.15) is 0 Å². The van der Waals surface area contributed by atoms with Crippen LogP contribution < -0.4 is 15.4 Å². The van der Waals surface area contributed by atoms with Crippen LogP contribution in [0.2, 0.25) is 0 Å². The summed E-state index contributed by atoms with van der Waals surface area (Å²) >= 11 is 1.49. The van der Waals surface area contributed by atoms with Crippen molar-refractivity contribution >= 4 is 39.0 Å². The molecule has 2 aromatic carbocycles. The molecule has 4 aromatic rings. The Labute approximate surface area is 169 Å². The van der Waals surface area contributed by atoms with Gasteiger partial charge in [0.15, 0.2) is 6.10 Å². The standard InChI is InChI=1S/C21H15FN4O2S/c22-13-7-5-12(6-8-13)14-10-29-21-18(14)20(24-11-25-21)26-9-17(19(23)27)28-16-4-2-1-3-15(16)26/h1-8,10-11,17H,9H2,(H2,23,27)/t17-/m0/s1. The van der Waals surface area contributed by atoms with Crippen LogP contribution in [0.1, 0.15) is 0 Å². The second-order valence-corrected chi connectivity index (χ2v) is 7.48. The minimum Gasteiger partial charge on any atom is -0.477 e. The first-order valence-electron chi connectivity index (χ1n) is 8.92. The molecule has 0 saturated heterocycles. The van der Waals surface area contributed by atoms with E-state index in [2.05, 4.69) is 9.97 Å². The van der Waals surface area contributed by atoms with Crippen molar-refractivity contribution in [2.45, 2.75) is 6.10 Å². The number of hydrogen-bond donors (Lipinski definition) is 1. The summed E-state index contributed by atoms with van der Waals surface area (Å²) in [5, 5.41) is 2.82. The molecule has 0 aliphatic carbocycles. The smallest absolute Gasteiger partial charge is 0.260 e. The van der Waals surface area contributed by atoms with Crippen molar-refractivity contribution in [3.8, 4) is 16.9 Å². The van der Waals surface area contributed by atoms with Crippen molar-refractivity contribution in [2.75, 3.05) is 11.4 Å². The first-order valence-corrected chi connectivity index (χ1v) is 9.80. The fourth-order valence-electron chi connectivity index (χ4n) is 3.49. The number of carbonyl (C=O) groups is 1. The number of aromatic nitrogens is 2. The zero-order chi connectivity index (χ0) is 20.0. The summed E-state index contributed by atoms with van der Waals surface area (Å²) in [7, 11) is 0. The van der Waals surface area contributed by atoms with E-state index in [9.17, 15) is 9.18 Å². The maximum atomic E-state index is 13.4. The number of nitrogens with zero attached hydrogens (tertiary/aromatic N) is 3. The Bertz CT molecular complexity index is 1230. The molecule has 1 atom stereocenters. The molecular weight excluding hydrogens is 391 g/mol. The van der Waals surface area contributed by atoms with Gasteiger partial charge in [-0.3, -0.25) is 4.79 Å². The van der Waals surface area contributed by atoms with E-state index >= 15 is 0 Å². The van der Waals surface area contributed by atoms with Gasteiger partial charge < -0.3 is 15.4 Å². The molecule has 0 saturated carbocycles. The predicted molar refractivity (Wildman–Crippen MR) is 110 cm³/mol. The lowest BCUT2D eigenvalue weighted by Gasteiger charge is -2.34. The highest BCUT2D eigenvalue weighted by Crippen LogP contribution is 2.43. The quantitative estimate of drug-likeness (QED) is 0.558. The van der Waals surface area contributed by atoms with Crippen LogP contribution in [0.4, 0.5) is 15.9 Å². The van der Waals surface area contributed by atoms with E-state index in [0.29, 0.717) is 11.6 Å². The number of hydrogen-bond acceptors (Lipinski definition) is 6. The fraction of sp³-hybridized carbons (Fsp3) is 0.0952. The van der Waals surface area contributed by atoms with E-state index in [0.717, 1.165) is 27.0 Å². The van der Waals surface area contributed by atoms with Gasteiger partial charge in [-0.05, 0) is 29.8 Å². The minimum atomic E-state index is -0.803. The lowest BCUT2D eigenvalue weighted by atomic mass is 10.1. The third-order valence-electron chi connectivity index (χ3n) is 4.85. The summed E-state index contributed by atoms with van der Waals surface area (Å²) in [5.74, 6) is 0.375. The van der Waals surface area contributed by atoms with Crippen LogP contribution in [0.25, 0.3) is 21.3 Å². The van der Waals surface area contributed by atoms with Gasteiger partial charge in [0.25, 0.3) is 5.91 Å². The number of ether oxygens (including phenoxy) is 1. The molecule has 0 bridgehead atoms. The van der Waals surface area contributed by atoms with Crippen molar-refractivity contribution in [1.29, 1.82) is 0 Å². The van der Waals surface area contributed by atoms with E-state index in [1.807, 2.05) is 28.5 Å². The topological polar surface area (TPSA) is 81.3 Å². The number of rotatable bonds is 3. The molecule has 3 heterocycles. The monoisotopic (exact) mass is 406 g/mol. The van der Waals surface area contributed by atoms with E-state index in [4.69, 9.17) is 10.5 Å². The highest BCUT2D eigenvalue weighted by molar-refractivity contribution is 7.17. The fourth-order valence-corrected chi connectivity index (χ4v) is 4.40. The summed E-state index contributed by atoms with van der Waals surface area (Å²) in [4.78, 5) is 23.5. The number of amides is 1. The highest BCUT2D eigenvalue weighted by atomic mass is 32.1. The largest absolute Gasteiger partial charge is 0.477 e. The summed E-state index contributed by atoms with van der Waals surface area (Å²) in [5.41, 5.74) is 8.09. The van der Waals surface area contributed by atoms with Crippen LogP contribution in [0.3, 0.4) is 0 Å². The number of anilines is 2. The van der Waals surface area contributed by atoms with Gasteiger partial charge in [0, 0.05) is 10.9 Å². The van der Waals surface area contributed by atoms with Crippen LogP contribution in [-0.2, 0) is 4.79 Å². The van der Waals surface area contributed by atoms with Gasteiger partial charge in [-0.25, -0.2) is 14.4 Å². The zero-order valence-electron chi connectivity index (χ0n) is 15.1. The summed E-state index contributed by atoms with van der Waals surface area (Å²) in [6, 6.07) is 13.7. The Morgan fingerprint density at radius 3 is 2.76 bits per heavy atom. The number of carbonyl (C=O) groups excluding carboxylic acids is 1. The molecule has 8 heteroatoms. The number of para-hydroxylation sites is 2. The third kappa shape index (κ3) is 2.98. The molecule has 144 valence electrons. The van der Waals surface area contributed by atoms with Crippen LogP contribution in [0, 0.1) is 5.82 Å². The molecule has 2 N–H and O–H groups in total. The second kappa shape index (κ2) is 6.82. The van der Waals surface area contributed by atoms with Gasteiger partial charge >= 0.3 is 0 Å². The molecule has 5 rings (SSSR count). The molecule has 0 unspecified atom stereocenters. The number of nitrogens with two attached hydrogens (primary N) is 1. The second-order valence-electron chi connectivity index (χ2n) is 6.62. The minimum absolute atomic E-state index is 0.233. The number of halogens is 1. The maximum absolute atomic E-state index is 13.4. The number of fused-ring (bicyclic) bond motifs is 2. The average molecular weight is 406 g/mol. The Morgan fingerprint density at radius 1 is 1.17 bits per heavy atom. The normalized spacial score (nSPS) is 15.8. The summed E-state index contributed by atoms with van der Waals surface area (Å²) in [6.07, 6.45) is 0.697. The van der Waals surface area contributed by atoms with E-state index < -0.39 is 12.0 Å². The lowest BCUT2D eigenvalue weighted by Crippen LogP contribution is -2.45. The molecule has 2 aromatic heterocycles. The van der Waals surface area contributed by atoms with Crippen LogP contribution in [0.5, 0.6) is 5.75 Å². The van der Waals surface area contributed by atoms with Crippen LogP contribution in [-0.4, -0.2) is 28.5 Å². The van der Waals surface area contributed by atoms with Gasteiger partial charge in [0.2, 0.25) is 0 Å². The SMILES string of the molecule is NC(=O)[C@@H]1CN(c2ncnc3scc(-c4ccc(F)cc4)c23)c2ccccc2O1. The van der Waals surface area contributed by atoms with Crippen molar-refractivity contribution in [2.24, 2.45) is 5.73 Å². The lowest BCUT2D eigenvalue weighted by molar-refractivity contribution is -0.124. The first-order chi connectivity index (χ1) is 14.1. The van der Waals surface area contributed by atoms with E-state index in [1.165, 1.54) is 29.8 Å². The number of primary amides is 1. The van der Waals surface area contributed by atoms with Gasteiger partial charge in [-0.15, -0.1) is 11.3 Å². The van der Waals surface area contributed by atoms with E-state index in [-0.39, 0.29) is 12.4 Å². The van der Waals surface area contributed by atoms with E-state index in [1.54, 1.807) is 18.2 Å².